The Bertz CT molecular complexity index is 863. The van der Waals surface area contributed by atoms with Gasteiger partial charge in [0.2, 0.25) is 11.8 Å². The number of ether oxygens (including phenoxy) is 1. The lowest BCUT2D eigenvalue weighted by Crippen LogP contribution is -2.36. The van der Waals surface area contributed by atoms with E-state index in [9.17, 15) is 9.59 Å². The van der Waals surface area contributed by atoms with Gasteiger partial charge in [-0.3, -0.25) is 9.59 Å². The lowest BCUT2D eigenvalue weighted by molar-refractivity contribution is -0.117. The first-order valence-electron chi connectivity index (χ1n) is 10.1. The Kier molecular flexibility index (Phi) is 5.95. The maximum Gasteiger partial charge on any atom is 0.243 e. The van der Waals surface area contributed by atoms with E-state index in [2.05, 4.69) is 15.5 Å². The molecule has 0 saturated carbocycles. The number of nitrogens with one attached hydrogen (secondary N) is 2. The highest BCUT2D eigenvalue weighted by Gasteiger charge is 2.23. The summed E-state index contributed by atoms with van der Waals surface area (Å²) in [5, 5.41) is 6.08. The standard InChI is InChI=1S/C22H26N4O3/c27-21(24-17-7-9-18(10-8-17)25-12-14-29-15-13-25)16-23-19-4-1-2-5-20(19)26-11-3-6-22(26)28/h1-2,4-5,7-10,23H,3,6,11-16H2,(H,24,27). The Morgan fingerprint density at radius 1 is 1.00 bits per heavy atom. The molecule has 7 heteroatoms. The largest absolute Gasteiger partial charge is 0.378 e. The van der Waals surface area contributed by atoms with Crippen molar-refractivity contribution >= 4 is 34.6 Å². The molecule has 7 nitrogen and oxygen atoms in total. The average molecular weight is 394 g/mol. The average Bonchev–Trinajstić information content (AvgIpc) is 3.19. The first kappa shape index (κ1) is 19.3. The maximum atomic E-state index is 12.4. The summed E-state index contributed by atoms with van der Waals surface area (Å²) in [7, 11) is 0. The summed E-state index contributed by atoms with van der Waals surface area (Å²) in [4.78, 5) is 28.5. The van der Waals surface area contributed by atoms with Gasteiger partial charge in [-0.1, -0.05) is 12.1 Å². The van der Waals surface area contributed by atoms with Crippen molar-refractivity contribution in [2.24, 2.45) is 0 Å². The zero-order valence-electron chi connectivity index (χ0n) is 16.4. The van der Waals surface area contributed by atoms with Crippen molar-refractivity contribution in [3.63, 3.8) is 0 Å². The van der Waals surface area contributed by atoms with E-state index in [-0.39, 0.29) is 18.4 Å². The van der Waals surface area contributed by atoms with E-state index >= 15 is 0 Å². The molecular weight excluding hydrogens is 368 g/mol. The molecule has 2 saturated heterocycles. The number of benzene rings is 2. The van der Waals surface area contributed by atoms with Gasteiger partial charge < -0.3 is 25.2 Å². The number of hydrogen-bond acceptors (Lipinski definition) is 5. The van der Waals surface area contributed by atoms with Gasteiger partial charge in [0.1, 0.15) is 0 Å². The number of rotatable bonds is 6. The number of carbonyl (C=O) groups excluding carboxylic acids is 2. The Labute approximate surface area is 170 Å². The van der Waals surface area contributed by atoms with Gasteiger partial charge in [0.25, 0.3) is 0 Å². The van der Waals surface area contributed by atoms with Gasteiger partial charge >= 0.3 is 0 Å². The monoisotopic (exact) mass is 394 g/mol. The van der Waals surface area contributed by atoms with E-state index in [1.807, 2.05) is 48.5 Å². The van der Waals surface area contributed by atoms with Crippen molar-refractivity contribution < 1.29 is 14.3 Å². The van der Waals surface area contributed by atoms with Crippen LogP contribution in [0.15, 0.2) is 48.5 Å². The van der Waals surface area contributed by atoms with Gasteiger partial charge in [-0.2, -0.15) is 0 Å². The molecule has 0 aromatic heterocycles. The van der Waals surface area contributed by atoms with Crippen LogP contribution in [0.2, 0.25) is 0 Å². The molecule has 2 amide bonds. The topological polar surface area (TPSA) is 73.9 Å². The molecule has 0 spiro atoms. The lowest BCUT2D eigenvalue weighted by Gasteiger charge is -2.28. The van der Waals surface area contributed by atoms with Crippen molar-refractivity contribution in [2.45, 2.75) is 12.8 Å². The van der Waals surface area contributed by atoms with Crippen LogP contribution in [-0.4, -0.2) is 51.2 Å². The van der Waals surface area contributed by atoms with Crippen molar-refractivity contribution in [1.82, 2.24) is 0 Å². The number of nitrogens with zero attached hydrogens (tertiary/aromatic N) is 2. The van der Waals surface area contributed by atoms with Crippen molar-refractivity contribution in [3.8, 4) is 0 Å². The van der Waals surface area contributed by atoms with Crippen LogP contribution < -0.4 is 20.4 Å². The van der Waals surface area contributed by atoms with E-state index in [1.165, 1.54) is 0 Å². The third-order valence-electron chi connectivity index (χ3n) is 5.23. The summed E-state index contributed by atoms with van der Waals surface area (Å²) < 4.78 is 5.38. The second kappa shape index (κ2) is 8.96. The first-order chi connectivity index (χ1) is 14.2. The van der Waals surface area contributed by atoms with Crippen LogP contribution in [0, 0.1) is 0 Å². The van der Waals surface area contributed by atoms with Crippen LogP contribution in [0.25, 0.3) is 0 Å². The second-order valence-electron chi connectivity index (χ2n) is 7.21. The molecule has 2 heterocycles. The number of carbonyl (C=O) groups is 2. The minimum atomic E-state index is -0.133. The van der Waals surface area contributed by atoms with Crippen molar-refractivity contribution in [1.29, 1.82) is 0 Å². The zero-order chi connectivity index (χ0) is 20.1. The van der Waals surface area contributed by atoms with E-state index in [0.717, 1.165) is 62.0 Å². The highest BCUT2D eigenvalue weighted by molar-refractivity contribution is 5.99. The van der Waals surface area contributed by atoms with Gasteiger partial charge in [-0.25, -0.2) is 0 Å². The van der Waals surface area contributed by atoms with Crippen LogP contribution in [0.1, 0.15) is 12.8 Å². The third kappa shape index (κ3) is 4.68. The summed E-state index contributed by atoms with van der Waals surface area (Å²) in [5.41, 5.74) is 3.52. The number of hydrogen-bond donors (Lipinski definition) is 2. The quantitative estimate of drug-likeness (QED) is 0.788. The zero-order valence-corrected chi connectivity index (χ0v) is 16.4. The molecule has 2 aromatic rings. The van der Waals surface area contributed by atoms with Crippen LogP contribution >= 0.6 is 0 Å². The highest BCUT2D eigenvalue weighted by atomic mass is 16.5. The predicted octanol–water partition coefficient (Wildman–Crippen LogP) is 2.70. The molecule has 2 aromatic carbocycles. The van der Waals surface area contributed by atoms with Crippen LogP contribution in [0.5, 0.6) is 0 Å². The summed E-state index contributed by atoms with van der Waals surface area (Å²) >= 11 is 0. The van der Waals surface area contributed by atoms with Gasteiger partial charge in [-0.15, -0.1) is 0 Å². The first-order valence-corrected chi connectivity index (χ1v) is 10.1. The normalized spacial score (nSPS) is 16.8. The molecule has 29 heavy (non-hydrogen) atoms. The van der Waals surface area contributed by atoms with Crippen LogP contribution in [-0.2, 0) is 14.3 Å². The van der Waals surface area contributed by atoms with Crippen molar-refractivity contribution in [2.75, 3.05) is 59.8 Å². The molecule has 152 valence electrons. The lowest BCUT2D eigenvalue weighted by atomic mass is 10.2. The highest BCUT2D eigenvalue weighted by Crippen LogP contribution is 2.29. The van der Waals surface area contributed by atoms with E-state index < -0.39 is 0 Å². The number of para-hydroxylation sites is 2. The molecule has 2 fully saturated rings. The molecule has 0 aliphatic carbocycles. The van der Waals surface area contributed by atoms with Gasteiger partial charge in [0.05, 0.1) is 31.1 Å². The minimum Gasteiger partial charge on any atom is -0.378 e. The smallest absolute Gasteiger partial charge is 0.243 e. The molecule has 0 atom stereocenters. The molecule has 2 aliphatic heterocycles. The number of morpholine rings is 1. The summed E-state index contributed by atoms with van der Waals surface area (Å²) in [6.45, 7) is 4.11. The van der Waals surface area contributed by atoms with Gasteiger partial charge in [0.15, 0.2) is 0 Å². The molecule has 4 rings (SSSR count). The SMILES string of the molecule is O=C(CNc1ccccc1N1CCCC1=O)Nc1ccc(N2CCOCC2)cc1. The summed E-state index contributed by atoms with van der Waals surface area (Å²) in [6.07, 6.45) is 1.45. The minimum absolute atomic E-state index is 0.129. The summed E-state index contributed by atoms with van der Waals surface area (Å²) in [6, 6.07) is 15.5. The fourth-order valence-corrected chi connectivity index (χ4v) is 3.72. The van der Waals surface area contributed by atoms with E-state index in [1.54, 1.807) is 4.90 Å². The molecular formula is C22H26N4O3. The van der Waals surface area contributed by atoms with Crippen LogP contribution in [0.3, 0.4) is 0 Å². The molecule has 2 N–H and O–H groups in total. The Balaban J connectivity index is 1.33. The van der Waals surface area contributed by atoms with Crippen LogP contribution in [0.4, 0.5) is 22.7 Å². The Morgan fingerprint density at radius 2 is 1.76 bits per heavy atom. The van der Waals surface area contributed by atoms with Crippen molar-refractivity contribution in [3.05, 3.63) is 48.5 Å². The molecule has 0 radical (unpaired) electrons. The van der Waals surface area contributed by atoms with Gasteiger partial charge in [-0.05, 0) is 42.8 Å². The van der Waals surface area contributed by atoms with E-state index in [4.69, 9.17) is 4.74 Å². The summed E-state index contributed by atoms with van der Waals surface area (Å²) in [5.74, 6) is -0.00395. The predicted molar refractivity (Wildman–Crippen MR) is 115 cm³/mol. The molecule has 0 bridgehead atoms. The number of amides is 2. The second-order valence-corrected chi connectivity index (χ2v) is 7.21. The maximum absolute atomic E-state index is 12.4. The molecule has 0 unspecified atom stereocenters. The Hall–Kier alpha value is -3.06. The fourth-order valence-electron chi connectivity index (χ4n) is 3.72. The fraction of sp³-hybridized carbons (Fsp3) is 0.364. The third-order valence-corrected chi connectivity index (χ3v) is 5.23. The van der Waals surface area contributed by atoms with E-state index in [0.29, 0.717) is 6.42 Å². The molecule has 2 aliphatic rings. The van der Waals surface area contributed by atoms with Gasteiger partial charge in [0, 0.05) is 37.4 Å². The Morgan fingerprint density at radius 3 is 2.48 bits per heavy atom. The number of anilines is 4.